The Morgan fingerprint density at radius 2 is 2.04 bits per heavy atom. The van der Waals surface area contributed by atoms with Crippen LogP contribution in [0.25, 0.3) is 0 Å². The lowest BCUT2D eigenvalue weighted by Crippen LogP contribution is -2.30. The van der Waals surface area contributed by atoms with Gasteiger partial charge in [-0.3, -0.25) is 14.9 Å². The summed E-state index contributed by atoms with van der Waals surface area (Å²) in [4.78, 5) is 39.2. The Kier molecular flexibility index (Phi) is 5.88. The summed E-state index contributed by atoms with van der Waals surface area (Å²) in [6.45, 7) is 4.85. The Morgan fingerprint density at radius 3 is 2.58 bits per heavy atom. The van der Waals surface area contributed by atoms with Gasteiger partial charge in [0.25, 0.3) is 11.6 Å². The molecule has 1 aromatic carbocycles. The summed E-state index contributed by atoms with van der Waals surface area (Å²) in [5.74, 6) is -1.05. The van der Waals surface area contributed by atoms with Crippen molar-refractivity contribution in [2.75, 3.05) is 12.4 Å². The van der Waals surface area contributed by atoms with Crippen LogP contribution in [0.3, 0.4) is 0 Å². The normalized spacial score (nSPS) is 11.5. The van der Waals surface area contributed by atoms with E-state index in [9.17, 15) is 19.7 Å². The maximum Gasteiger partial charge on any atom is 0.351 e. The minimum atomic E-state index is -1.12. The Bertz CT molecular complexity index is 864. The van der Waals surface area contributed by atoms with E-state index in [1.807, 2.05) is 0 Å². The molecule has 1 aromatic heterocycles. The van der Waals surface area contributed by atoms with Gasteiger partial charge < -0.3 is 14.8 Å². The van der Waals surface area contributed by atoms with Crippen molar-refractivity contribution in [1.82, 2.24) is 4.98 Å². The fraction of sp³-hybridized carbons (Fsp3) is 0.312. The Morgan fingerprint density at radius 1 is 1.35 bits per heavy atom. The molecule has 10 heteroatoms. The van der Waals surface area contributed by atoms with E-state index in [4.69, 9.17) is 9.47 Å². The number of ether oxygens (including phenoxy) is 2. The first-order valence-electron chi connectivity index (χ1n) is 7.51. The number of amides is 1. The number of methoxy groups -OCH3 is 1. The first-order chi connectivity index (χ1) is 12.2. The quantitative estimate of drug-likeness (QED) is 0.465. The highest BCUT2D eigenvalue weighted by Crippen LogP contribution is 2.29. The summed E-state index contributed by atoms with van der Waals surface area (Å²) in [6.07, 6.45) is -1.12. The van der Waals surface area contributed by atoms with E-state index < -0.39 is 22.9 Å². The molecule has 0 aliphatic rings. The number of nitro groups is 1. The number of aryl methyl sites for hydroxylation is 2. The lowest BCUT2D eigenvalue weighted by Gasteiger charge is -2.14. The maximum absolute atomic E-state index is 12.3. The lowest BCUT2D eigenvalue weighted by atomic mass is 10.2. The molecule has 26 heavy (non-hydrogen) atoms. The third-order valence-corrected chi connectivity index (χ3v) is 4.45. The molecule has 0 bridgehead atoms. The van der Waals surface area contributed by atoms with Crippen molar-refractivity contribution in [3.63, 3.8) is 0 Å². The number of anilines is 1. The second kappa shape index (κ2) is 7.91. The Balaban J connectivity index is 2.11. The van der Waals surface area contributed by atoms with Crippen LogP contribution in [0.15, 0.2) is 18.2 Å². The van der Waals surface area contributed by atoms with Gasteiger partial charge in [0.1, 0.15) is 10.6 Å². The average Bonchev–Trinajstić information content (AvgIpc) is 2.93. The highest BCUT2D eigenvalue weighted by atomic mass is 32.1. The number of rotatable bonds is 6. The second-order valence-corrected chi connectivity index (χ2v) is 6.53. The number of benzene rings is 1. The van der Waals surface area contributed by atoms with Crippen molar-refractivity contribution in [3.8, 4) is 5.75 Å². The largest absolute Gasteiger partial charge is 0.495 e. The Hall–Kier alpha value is -3.01. The van der Waals surface area contributed by atoms with Crippen molar-refractivity contribution in [3.05, 3.63) is 43.9 Å². The molecule has 0 unspecified atom stereocenters. The summed E-state index contributed by atoms with van der Waals surface area (Å²) in [5.41, 5.74) is 0.436. The van der Waals surface area contributed by atoms with Crippen molar-refractivity contribution in [2.24, 2.45) is 0 Å². The molecule has 2 rings (SSSR count). The molecule has 138 valence electrons. The van der Waals surface area contributed by atoms with Crippen molar-refractivity contribution < 1.29 is 24.0 Å². The van der Waals surface area contributed by atoms with Gasteiger partial charge in [-0.25, -0.2) is 9.78 Å². The van der Waals surface area contributed by atoms with Crippen LogP contribution in [0.2, 0.25) is 0 Å². The van der Waals surface area contributed by atoms with E-state index in [0.717, 1.165) is 0 Å². The maximum atomic E-state index is 12.3. The molecule has 1 amide bonds. The topological polar surface area (TPSA) is 121 Å². The number of carbonyl (C=O) groups is 2. The number of aromatic nitrogens is 1. The van der Waals surface area contributed by atoms with Crippen molar-refractivity contribution in [2.45, 2.75) is 26.9 Å². The SMILES string of the molecule is COc1ccc([N+](=O)[O-])cc1NC(=O)[C@@H](C)OC(=O)c1sc(C)nc1C. The zero-order valence-electron chi connectivity index (χ0n) is 14.6. The summed E-state index contributed by atoms with van der Waals surface area (Å²) in [6, 6.07) is 3.79. The average molecular weight is 379 g/mol. The van der Waals surface area contributed by atoms with E-state index in [0.29, 0.717) is 15.6 Å². The molecule has 1 heterocycles. The zero-order valence-corrected chi connectivity index (χ0v) is 15.4. The third kappa shape index (κ3) is 4.33. The number of hydrogen-bond acceptors (Lipinski definition) is 8. The molecule has 2 aromatic rings. The van der Waals surface area contributed by atoms with E-state index in [1.54, 1.807) is 13.8 Å². The third-order valence-electron chi connectivity index (χ3n) is 3.39. The lowest BCUT2D eigenvalue weighted by molar-refractivity contribution is -0.384. The highest BCUT2D eigenvalue weighted by Gasteiger charge is 2.23. The number of nitrogens with one attached hydrogen (secondary N) is 1. The van der Waals surface area contributed by atoms with Crippen LogP contribution in [0.5, 0.6) is 5.75 Å². The number of esters is 1. The summed E-state index contributed by atoms with van der Waals surface area (Å²) >= 11 is 1.18. The number of thiazole rings is 1. The molecule has 0 radical (unpaired) electrons. The molecule has 0 aliphatic carbocycles. The molecule has 9 nitrogen and oxygen atoms in total. The van der Waals surface area contributed by atoms with Gasteiger partial charge in [0.2, 0.25) is 0 Å². The predicted octanol–water partition coefficient (Wildman–Crippen LogP) is 2.86. The van der Waals surface area contributed by atoms with Crippen LogP contribution in [-0.2, 0) is 9.53 Å². The van der Waals surface area contributed by atoms with E-state index in [2.05, 4.69) is 10.3 Å². The monoisotopic (exact) mass is 379 g/mol. The molecule has 0 fully saturated rings. The Labute approximate surface area is 153 Å². The van der Waals surface area contributed by atoms with Crippen LogP contribution in [0.4, 0.5) is 11.4 Å². The van der Waals surface area contributed by atoms with Gasteiger partial charge in [-0.2, -0.15) is 0 Å². The van der Waals surface area contributed by atoms with Crippen LogP contribution < -0.4 is 10.1 Å². The van der Waals surface area contributed by atoms with Gasteiger partial charge in [0.05, 0.1) is 28.4 Å². The fourth-order valence-electron chi connectivity index (χ4n) is 2.13. The standard InChI is InChI=1S/C16H17N3O6S/c1-8-14(26-10(3)17-8)16(21)25-9(2)15(20)18-12-7-11(19(22)23)5-6-13(12)24-4/h5-7,9H,1-4H3,(H,18,20)/t9-/m1/s1. The second-order valence-electron chi connectivity index (χ2n) is 5.33. The molecule has 0 spiro atoms. The molecular weight excluding hydrogens is 362 g/mol. The first-order valence-corrected chi connectivity index (χ1v) is 8.33. The minimum absolute atomic E-state index is 0.111. The molecule has 1 N–H and O–H groups in total. The number of nitro benzene ring substituents is 1. The zero-order chi connectivity index (χ0) is 19.4. The number of carbonyl (C=O) groups excluding carboxylic acids is 2. The molecule has 1 atom stereocenters. The van der Waals surface area contributed by atoms with Gasteiger partial charge in [0.15, 0.2) is 6.10 Å². The van der Waals surface area contributed by atoms with E-state index in [-0.39, 0.29) is 17.1 Å². The van der Waals surface area contributed by atoms with Gasteiger partial charge in [0, 0.05) is 12.1 Å². The van der Waals surface area contributed by atoms with Gasteiger partial charge in [-0.05, 0) is 26.8 Å². The number of hydrogen-bond donors (Lipinski definition) is 1. The van der Waals surface area contributed by atoms with Crippen molar-refractivity contribution >= 4 is 34.6 Å². The van der Waals surface area contributed by atoms with Crippen LogP contribution in [0, 0.1) is 24.0 Å². The predicted molar refractivity (Wildman–Crippen MR) is 94.7 cm³/mol. The van der Waals surface area contributed by atoms with E-state index in [1.165, 1.54) is 43.6 Å². The van der Waals surface area contributed by atoms with Crippen LogP contribution in [-0.4, -0.2) is 35.0 Å². The van der Waals surface area contributed by atoms with Crippen LogP contribution >= 0.6 is 11.3 Å². The number of non-ortho nitro benzene ring substituents is 1. The fourth-order valence-corrected chi connectivity index (χ4v) is 2.93. The summed E-state index contributed by atoms with van der Waals surface area (Å²) in [5, 5.41) is 14.1. The summed E-state index contributed by atoms with van der Waals surface area (Å²) < 4.78 is 10.2. The van der Waals surface area contributed by atoms with Crippen molar-refractivity contribution in [1.29, 1.82) is 0 Å². The smallest absolute Gasteiger partial charge is 0.351 e. The van der Waals surface area contributed by atoms with Gasteiger partial charge >= 0.3 is 5.97 Å². The molecule has 0 aliphatic heterocycles. The molecular formula is C16H17N3O6S. The molecule has 0 saturated carbocycles. The van der Waals surface area contributed by atoms with Crippen LogP contribution in [0.1, 0.15) is 27.3 Å². The first kappa shape index (κ1) is 19.3. The van der Waals surface area contributed by atoms with E-state index >= 15 is 0 Å². The minimum Gasteiger partial charge on any atom is -0.495 e. The number of nitrogens with zero attached hydrogens (tertiary/aromatic N) is 2. The van der Waals surface area contributed by atoms with Gasteiger partial charge in [-0.15, -0.1) is 11.3 Å². The highest BCUT2D eigenvalue weighted by molar-refractivity contribution is 7.13. The molecule has 0 saturated heterocycles. The van der Waals surface area contributed by atoms with Gasteiger partial charge in [-0.1, -0.05) is 0 Å². The summed E-state index contributed by atoms with van der Waals surface area (Å²) in [7, 11) is 1.37.